The molecule has 0 atom stereocenters. The molecule has 1 aromatic heterocycles. The van der Waals surface area contributed by atoms with Crippen LogP contribution < -0.4 is 34.0 Å². The molecule has 0 aliphatic carbocycles. The summed E-state index contributed by atoms with van der Waals surface area (Å²) in [5.41, 5.74) is 1.55. The molecule has 1 rings (SSSR count). The molecule has 1 amide bonds. The van der Waals surface area contributed by atoms with Crippen molar-refractivity contribution < 1.29 is 38.5 Å². The van der Waals surface area contributed by atoms with E-state index in [9.17, 15) is 4.79 Å². The summed E-state index contributed by atoms with van der Waals surface area (Å²) in [7, 11) is 1.85. The lowest BCUT2D eigenvalue weighted by atomic mass is 10.6. The summed E-state index contributed by atoms with van der Waals surface area (Å²) in [5, 5.41) is 8.18. The molecule has 0 aliphatic heterocycles. The van der Waals surface area contributed by atoms with Crippen LogP contribution in [0.5, 0.6) is 0 Å². The number of rotatable bonds is 2. The number of halogens is 1. The highest BCUT2D eigenvalue weighted by Crippen LogP contribution is 1.82. The minimum atomic E-state index is -0.429. The van der Waals surface area contributed by atoms with Crippen molar-refractivity contribution in [3.05, 3.63) is 18.7 Å². The van der Waals surface area contributed by atoms with Crippen LogP contribution in [0.4, 0.5) is 0 Å². The van der Waals surface area contributed by atoms with Crippen molar-refractivity contribution in [1.82, 2.24) is 10.0 Å². The van der Waals surface area contributed by atoms with Gasteiger partial charge in [0.05, 0.1) is 7.05 Å². The number of hydrogen-bond acceptors (Lipinski definition) is 2. The standard InChI is InChI=1S/C6H9N3O2.HI/c1-8-2-3-9(5-8)4-6(10)7-11;/h2-3,5H,4H2,1H3,(H-,7,10,11);1H. The number of carbonyl (C=O) groups excluding carboxylic acids is 1. The Bertz CT molecular complexity index is 261. The average Bonchev–Trinajstić information content (AvgIpc) is 2.35. The number of aryl methyl sites for hydroxylation is 1. The van der Waals surface area contributed by atoms with Gasteiger partial charge in [-0.1, -0.05) is 0 Å². The zero-order valence-corrected chi connectivity index (χ0v) is 8.72. The van der Waals surface area contributed by atoms with Gasteiger partial charge >= 0.3 is 0 Å². The fourth-order valence-corrected chi connectivity index (χ4v) is 0.796. The highest BCUT2D eigenvalue weighted by molar-refractivity contribution is 5.74. The van der Waals surface area contributed by atoms with E-state index in [-0.39, 0.29) is 30.5 Å². The van der Waals surface area contributed by atoms with Crippen LogP contribution in [0.2, 0.25) is 0 Å². The fraction of sp³-hybridized carbons (Fsp3) is 0.333. The molecule has 1 heterocycles. The number of hydroxylamine groups is 1. The van der Waals surface area contributed by atoms with Crippen molar-refractivity contribution in [2.45, 2.75) is 6.54 Å². The maximum absolute atomic E-state index is 10.6. The number of imidazole rings is 1. The molecule has 0 bridgehead atoms. The van der Waals surface area contributed by atoms with E-state index in [0.29, 0.717) is 0 Å². The van der Waals surface area contributed by atoms with Crippen molar-refractivity contribution in [3.63, 3.8) is 0 Å². The highest BCUT2D eigenvalue weighted by Gasteiger charge is 2.05. The van der Waals surface area contributed by atoms with Gasteiger partial charge in [-0.05, 0) is 0 Å². The quantitative estimate of drug-likeness (QED) is 0.250. The summed E-state index contributed by atoms with van der Waals surface area (Å²) < 4.78 is 3.47. The minimum Gasteiger partial charge on any atom is -1.00 e. The van der Waals surface area contributed by atoms with Crippen molar-refractivity contribution >= 4 is 5.91 Å². The first-order valence-electron chi connectivity index (χ1n) is 3.16. The van der Waals surface area contributed by atoms with E-state index in [1.165, 1.54) is 0 Å². The second-order valence-corrected chi connectivity index (χ2v) is 2.29. The van der Waals surface area contributed by atoms with Crippen LogP contribution >= 0.6 is 0 Å². The second kappa shape index (κ2) is 5.09. The molecule has 0 fully saturated rings. The maximum atomic E-state index is 10.6. The van der Waals surface area contributed by atoms with Crippen LogP contribution in [0.1, 0.15) is 0 Å². The van der Waals surface area contributed by atoms with E-state index in [0.717, 1.165) is 0 Å². The monoisotopic (exact) mass is 283 g/mol. The zero-order valence-electron chi connectivity index (χ0n) is 6.57. The largest absolute Gasteiger partial charge is 1.00 e. The van der Waals surface area contributed by atoms with Gasteiger partial charge in [0, 0.05) is 0 Å². The van der Waals surface area contributed by atoms with Gasteiger partial charge < -0.3 is 24.0 Å². The van der Waals surface area contributed by atoms with Gasteiger partial charge in [-0.2, -0.15) is 0 Å². The molecule has 68 valence electrons. The van der Waals surface area contributed by atoms with E-state index in [1.807, 2.05) is 17.8 Å². The Labute approximate surface area is 87.0 Å². The molecule has 0 aromatic carbocycles. The molecule has 12 heavy (non-hydrogen) atoms. The Hall–Kier alpha value is -0.630. The van der Waals surface area contributed by atoms with E-state index in [4.69, 9.17) is 5.21 Å². The normalized spacial score (nSPS) is 8.83. The third kappa shape index (κ3) is 3.18. The first kappa shape index (κ1) is 11.4. The molecule has 5 nitrogen and oxygen atoms in total. The number of hydrogen-bond donors (Lipinski definition) is 2. The van der Waals surface area contributed by atoms with Gasteiger partial charge in [0.15, 0.2) is 6.54 Å². The minimum absolute atomic E-state index is 0. The molecule has 1 aromatic rings. The molecule has 0 spiro atoms. The number of nitrogens with one attached hydrogen (secondary N) is 1. The van der Waals surface area contributed by atoms with Gasteiger partial charge in [0.1, 0.15) is 12.4 Å². The van der Waals surface area contributed by atoms with E-state index >= 15 is 0 Å². The van der Waals surface area contributed by atoms with Gasteiger partial charge in [-0.15, -0.1) is 0 Å². The van der Waals surface area contributed by atoms with Crippen LogP contribution in [-0.2, 0) is 18.4 Å². The first-order valence-corrected chi connectivity index (χ1v) is 3.16. The molecule has 6 heteroatoms. The molecular weight excluding hydrogens is 273 g/mol. The van der Waals surface area contributed by atoms with E-state index in [2.05, 4.69) is 0 Å². The SMILES string of the molecule is C[n+]1ccn(CC(=O)NO)c1.[I-]. The highest BCUT2D eigenvalue weighted by atomic mass is 127. The molecular formula is C6H10IN3O2. The summed E-state index contributed by atoms with van der Waals surface area (Å²) in [4.78, 5) is 10.6. The summed E-state index contributed by atoms with van der Waals surface area (Å²) in [6, 6.07) is 0. The van der Waals surface area contributed by atoms with Gasteiger partial charge in [-0.3, -0.25) is 10.0 Å². The average molecular weight is 283 g/mol. The van der Waals surface area contributed by atoms with Crippen LogP contribution in [-0.4, -0.2) is 15.7 Å². The summed E-state index contributed by atoms with van der Waals surface area (Å²) >= 11 is 0. The first-order chi connectivity index (χ1) is 5.22. The number of nitrogens with zero attached hydrogens (tertiary/aromatic N) is 2. The van der Waals surface area contributed by atoms with Crippen LogP contribution in [0.15, 0.2) is 18.7 Å². The Morgan fingerprint density at radius 1 is 1.75 bits per heavy atom. The van der Waals surface area contributed by atoms with Crippen molar-refractivity contribution in [3.8, 4) is 0 Å². The molecule has 0 saturated heterocycles. The number of aromatic nitrogens is 2. The topological polar surface area (TPSA) is 58.1 Å². The number of amides is 1. The molecule has 0 unspecified atom stereocenters. The summed E-state index contributed by atoms with van der Waals surface area (Å²) in [5.74, 6) is -0.429. The maximum Gasteiger partial charge on any atom is 0.285 e. The lowest BCUT2D eigenvalue weighted by Crippen LogP contribution is -3.00. The molecule has 0 saturated carbocycles. The fourth-order valence-electron chi connectivity index (χ4n) is 0.796. The molecule has 0 radical (unpaired) electrons. The third-order valence-electron chi connectivity index (χ3n) is 1.27. The van der Waals surface area contributed by atoms with Crippen molar-refractivity contribution in [1.29, 1.82) is 0 Å². The number of carbonyl (C=O) groups is 1. The van der Waals surface area contributed by atoms with Crippen molar-refractivity contribution in [2.75, 3.05) is 0 Å². The molecule has 2 N–H and O–H groups in total. The zero-order chi connectivity index (χ0) is 8.27. The third-order valence-corrected chi connectivity index (χ3v) is 1.27. The van der Waals surface area contributed by atoms with Crippen LogP contribution in [0.3, 0.4) is 0 Å². The lowest BCUT2D eigenvalue weighted by Gasteiger charge is -1.92. The Morgan fingerprint density at radius 2 is 2.42 bits per heavy atom. The Morgan fingerprint density at radius 3 is 2.83 bits per heavy atom. The van der Waals surface area contributed by atoms with Crippen molar-refractivity contribution in [2.24, 2.45) is 7.05 Å². The lowest BCUT2D eigenvalue weighted by molar-refractivity contribution is -0.671. The van der Waals surface area contributed by atoms with Crippen LogP contribution in [0, 0.1) is 0 Å². The van der Waals surface area contributed by atoms with Crippen LogP contribution in [0.25, 0.3) is 0 Å². The van der Waals surface area contributed by atoms with E-state index < -0.39 is 5.91 Å². The molecule has 0 aliphatic rings. The summed E-state index contributed by atoms with van der Waals surface area (Å²) in [6.07, 6.45) is 5.30. The predicted molar refractivity (Wildman–Crippen MR) is 35.5 cm³/mol. The van der Waals surface area contributed by atoms with E-state index in [1.54, 1.807) is 22.6 Å². The Kier molecular flexibility index (Phi) is 4.83. The van der Waals surface area contributed by atoms with Gasteiger partial charge in [0.2, 0.25) is 6.33 Å². The summed E-state index contributed by atoms with van der Waals surface area (Å²) in [6.45, 7) is 0.136. The smallest absolute Gasteiger partial charge is 0.285 e. The van der Waals surface area contributed by atoms with Gasteiger partial charge in [-0.25, -0.2) is 14.6 Å². The second-order valence-electron chi connectivity index (χ2n) is 2.29. The predicted octanol–water partition coefficient (Wildman–Crippen LogP) is -4.18. The van der Waals surface area contributed by atoms with Gasteiger partial charge in [0.25, 0.3) is 5.91 Å². The Balaban J connectivity index is 0.00000121.